The Hall–Kier alpha value is -3.41. The molecule has 6 nitrogen and oxygen atoms in total. The Morgan fingerprint density at radius 1 is 1.13 bits per heavy atom. The quantitative estimate of drug-likeness (QED) is 0.185. The van der Waals surface area contributed by atoms with Gasteiger partial charge in [0, 0.05) is 37.5 Å². The van der Waals surface area contributed by atoms with Crippen LogP contribution in [0.15, 0.2) is 52.2 Å². The second-order valence-electron chi connectivity index (χ2n) is 14.0. The van der Waals surface area contributed by atoms with Crippen molar-refractivity contribution in [3.8, 4) is 11.8 Å². The van der Waals surface area contributed by atoms with E-state index in [1.54, 1.807) is 0 Å². The van der Waals surface area contributed by atoms with Crippen LogP contribution in [0.2, 0.25) is 0 Å². The summed E-state index contributed by atoms with van der Waals surface area (Å²) < 4.78 is 46.1. The van der Waals surface area contributed by atoms with Gasteiger partial charge in [-0.3, -0.25) is 9.59 Å². The van der Waals surface area contributed by atoms with Gasteiger partial charge in [0.05, 0.1) is 5.41 Å². The van der Waals surface area contributed by atoms with Crippen LogP contribution < -0.4 is 4.90 Å². The summed E-state index contributed by atoms with van der Waals surface area (Å²) in [6, 6.07) is 8.21. The molecule has 6 rings (SSSR count). The summed E-state index contributed by atoms with van der Waals surface area (Å²) in [4.78, 5) is 39.6. The molecule has 1 heterocycles. The lowest BCUT2D eigenvalue weighted by Gasteiger charge is -2.55. The van der Waals surface area contributed by atoms with E-state index in [-0.39, 0.29) is 36.1 Å². The molecule has 0 bridgehead atoms. The van der Waals surface area contributed by atoms with Crippen molar-refractivity contribution in [2.24, 2.45) is 33.8 Å². The molecule has 1 saturated heterocycles. The molecule has 0 radical (unpaired) electrons. The number of benzene rings is 1. The van der Waals surface area contributed by atoms with Gasteiger partial charge in [0.25, 0.3) is 0 Å². The molecule has 3 unspecified atom stereocenters. The number of ketones is 1. The molecule has 45 heavy (non-hydrogen) atoms. The van der Waals surface area contributed by atoms with Gasteiger partial charge < -0.3 is 9.64 Å². The molecule has 9 heteroatoms. The third-order valence-electron chi connectivity index (χ3n) is 11.6. The van der Waals surface area contributed by atoms with Crippen molar-refractivity contribution in [2.45, 2.75) is 90.3 Å². The average Bonchev–Trinajstić information content (AvgIpc) is 3.65. The maximum atomic E-state index is 14.0. The topological polar surface area (TPSA) is 76.0 Å². The molecule has 2 saturated carbocycles. The second kappa shape index (κ2) is 11.7. The van der Waals surface area contributed by atoms with Crippen LogP contribution in [0.4, 0.5) is 18.9 Å². The van der Waals surface area contributed by atoms with Crippen molar-refractivity contribution in [1.29, 1.82) is 0 Å². The number of nitrogens with zero attached hydrogens (tertiary/aromatic N) is 2. The number of fused-ring (bicyclic) bond motifs is 4. The number of Topliss-reactive ketones (excluding diaryl/α,β-unsaturated/α-hetero) is 1. The van der Waals surface area contributed by atoms with E-state index in [1.165, 1.54) is 29.6 Å². The number of rotatable bonds is 6. The van der Waals surface area contributed by atoms with Crippen LogP contribution in [-0.4, -0.2) is 43.7 Å². The monoisotopic (exact) mass is 622 g/mol. The number of alkyl halides is 3. The molecule has 0 spiro atoms. The number of carbonyl (C=O) groups excluding carboxylic acids is 2. The Labute approximate surface area is 262 Å². The number of anilines is 1. The maximum absolute atomic E-state index is 14.0. The molecule has 0 N–H and O–H groups in total. The minimum atomic E-state index is -4.76. The van der Waals surface area contributed by atoms with Crippen LogP contribution in [0, 0.1) is 45.3 Å². The van der Waals surface area contributed by atoms with Crippen molar-refractivity contribution in [3.05, 3.63) is 57.5 Å². The summed E-state index contributed by atoms with van der Waals surface area (Å²) in [6.07, 6.45) is 2.92. The SMILES string of the molecule is CC(=O)OCC(=O)[C@@]1(C#CC(F)(F)F)CC[C@H]2[C@@H]3CC(C)C4=CC(N=O)CCC4=C3C(c3ccc(N4CCCC4)cc3)C[C@@]21C. The van der Waals surface area contributed by atoms with Gasteiger partial charge in [-0.15, -0.1) is 0 Å². The van der Waals surface area contributed by atoms with Gasteiger partial charge in [0.1, 0.15) is 6.04 Å². The van der Waals surface area contributed by atoms with E-state index in [0.717, 1.165) is 50.0 Å². The van der Waals surface area contributed by atoms with Gasteiger partial charge >= 0.3 is 12.1 Å². The lowest BCUT2D eigenvalue weighted by atomic mass is 9.47. The highest BCUT2D eigenvalue weighted by Gasteiger charge is 2.66. The zero-order valence-electron chi connectivity index (χ0n) is 26.2. The Morgan fingerprint density at radius 3 is 2.49 bits per heavy atom. The molecule has 1 aromatic carbocycles. The first-order valence-electron chi connectivity index (χ1n) is 16.3. The summed E-state index contributed by atoms with van der Waals surface area (Å²) in [5.74, 6) is 2.75. The highest BCUT2D eigenvalue weighted by molar-refractivity contribution is 5.92. The number of hydrogen-bond acceptors (Lipinski definition) is 6. The van der Waals surface area contributed by atoms with E-state index in [4.69, 9.17) is 4.74 Å². The number of allylic oxidation sites excluding steroid dienone is 3. The van der Waals surface area contributed by atoms with Crippen LogP contribution in [0.5, 0.6) is 0 Å². The normalized spacial score (nSPS) is 34.1. The number of hydrogen-bond donors (Lipinski definition) is 0. The Kier molecular flexibility index (Phi) is 8.24. The molecule has 0 amide bonds. The fourth-order valence-electron chi connectivity index (χ4n) is 9.58. The molecule has 4 aliphatic carbocycles. The third-order valence-corrected chi connectivity index (χ3v) is 11.6. The molecule has 0 aromatic heterocycles. The summed E-state index contributed by atoms with van der Waals surface area (Å²) in [6.45, 7) is 6.73. The van der Waals surface area contributed by atoms with Crippen molar-refractivity contribution < 1.29 is 27.5 Å². The molecular weight excluding hydrogens is 581 g/mol. The maximum Gasteiger partial charge on any atom is 0.457 e. The zero-order valence-corrected chi connectivity index (χ0v) is 26.2. The standard InChI is InChI=1S/C36H41F3N2O4/c1-22-18-29-31-12-13-35(14-15-36(37,38)39,32(43)21-45-23(2)42)34(31,3)20-30(33(29)27-11-8-25(40-44)19-28(22)27)24-6-9-26(10-7-24)41-16-4-5-17-41/h6-7,9-10,19,22,25,29-31H,4-5,8,11-13,16-18,20-21H2,1-3H3/t22?,25?,29-,30?,31-,34-,35-/m0/s1. The van der Waals surface area contributed by atoms with E-state index >= 15 is 0 Å². The lowest BCUT2D eigenvalue weighted by molar-refractivity contribution is -0.150. The molecule has 3 fully saturated rings. The van der Waals surface area contributed by atoms with Gasteiger partial charge in [-0.2, -0.15) is 18.1 Å². The third kappa shape index (κ3) is 5.53. The number of halogens is 3. The van der Waals surface area contributed by atoms with E-state index < -0.39 is 35.4 Å². The number of nitroso groups, excluding NO2 is 1. The van der Waals surface area contributed by atoms with Crippen LogP contribution in [0.3, 0.4) is 0 Å². The van der Waals surface area contributed by atoms with Crippen molar-refractivity contribution in [2.75, 3.05) is 24.6 Å². The van der Waals surface area contributed by atoms with Gasteiger partial charge in [-0.1, -0.05) is 48.7 Å². The van der Waals surface area contributed by atoms with Crippen LogP contribution >= 0.6 is 0 Å². The molecule has 1 aliphatic heterocycles. The van der Waals surface area contributed by atoms with Gasteiger partial charge in [-0.25, -0.2) is 0 Å². The predicted octanol–water partition coefficient (Wildman–Crippen LogP) is 7.68. The minimum absolute atomic E-state index is 0.0472. The van der Waals surface area contributed by atoms with Crippen molar-refractivity contribution in [1.82, 2.24) is 0 Å². The Balaban J connectivity index is 1.50. The molecule has 240 valence electrons. The van der Waals surface area contributed by atoms with E-state index in [9.17, 15) is 27.7 Å². The van der Waals surface area contributed by atoms with E-state index in [2.05, 4.69) is 47.2 Å². The molecule has 1 aromatic rings. The van der Waals surface area contributed by atoms with Crippen LogP contribution in [0.1, 0.15) is 83.6 Å². The zero-order chi connectivity index (χ0) is 32.1. The summed E-state index contributed by atoms with van der Waals surface area (Å²) in [5.41, 5.74) is 3.48. The summed E-state index contributed by atoms with van der Waals surface area (Å²) in [7, 11) is 0. The van der Waals surface area contributed by atoms with E-state index in [1.807, 2.05) is 13.0 Å². The molecule has 5 aliphatic rings. The Bertz CT molecular complexity index is 1500. The van der Waals surface area contributed by atoms with Crippen molar-refractivity contribution >= 4 is 17.4 Å². The fraction of sp³-hybridized carbons (Fsp3) is 0.611. The Morgan fingerprint density at radius 2 is 1.84 bits per heavy atom. The highest BCUT2D eigenvalue weighted by atomic mass is 19.4. The van der Waals surface area contributed by atoms with Crippen molar-refractivity contribution in [3.63, 3.8) is 0 Å². The largest absolute Gasteiger partial charge is 0.458 e. The molecule has 7 atom stereocenters. The van der Waals surface area contributed by atoms with E-state index in [0.29, 0.717) is 19.3 Å². The first-order chi connectivity index (χ1) is 21.4. The first kappa shape index (κ1) is 31.6. The number of esters is 1. The summed E-state index contributed by atoms with van der Waals surface area (Å²) >= 11 is 0. The summed E-state index contributed by atoms with van der Waals surface area (Å²) in [5, 5.41) is 3.34. The van der Waals surface area contributed by atoms with Crippen LogP contribution in [-0.2, 0) is 14.3 Å². The van der Waals surface area contributed by atoms with Crippen LogP contribution in [0.25, 0.3) is 0 Å². The van der Waals surface area contributed by atoms with Gasteiger partial charge in [0.15, 0.2) is 12.4 Å². The minimum Gasteiger partial charge on any atom is -0.458 e. The fourth-order valence-corrected chi connectivity index (χ4v) is 9.58. The number of ether oxygens (including phenoxy) is 1. The van der Waals surface area contributed by atoms with Gasteiger partial charge in [-0.05, 0) is 103 Å². The number of carbonyl (C=O) groups is 2. The smallest absolute Gasteiger partial charge is 0.457 e. The van der Waals surface area contributed by atoms with Gasteiger partial charge in [0.2, 0.25) is 0 Å². The lowest BCUT2D eigenvalue weighted by Crippen LogP contribution is -2.52. The predicted molar refractivity (Wildman–Crippen MR) is 165 cm³/mol. The highest BCUT2D eigenvalue weighted by Crippen LogP contribution is 2.70. The average molecular weight is 623 g/mol. The second-order valence-corrected chi connectivity index (χ2v) is 14.0. The first-order valence-corrected chi connectivity index (χ1v) is 16.3. The molecular formula is C36H41F3N2O4.